The molecule has 0 aliphatic heterocycles. The topological polar surface area (TPSA) is 84.0 Å². The highest BCUT2D eigenvalue weighted by Crippen LogP contribution is 2.23. The van der Waals surface area contributed by atoms with Crippen LogP contribution in [-0.4, -0.2) is 52.4 Å². The van der Waals surface area contributed by atoms with E-state index in [-0.39, 0.29) is 22.9 Å². The molecule has 0 N–H and O–H groups in total. The molecule has 0 heterocycles. The average Bonchev–Trinajstić information content (AvgIpc) is 2.76. The fraction of sp³-hybridized carbons (Fsp3) is 0.364. The Morgan fingerprint density at radius 2 is 1.73 bits per heavy atom. The Bertz CT molecular complexity index is 1000. The zero-order chi connectivity index (χ0) is 22.5. The van der Waals surface area contributed by atoms with E-state index in [0.29, 0.717) is 12.2 Å². The van der Waals surface area contributed by atoms with E-state index in [1.54, 1.807) is 38.1 Å². The molecule has 0 fully saturated rings. The third-order valence-electron chi connectivity index (χ3n) is 4.90. The second-order valence-electron chi connectivity index (χ2n) is 7.10. The number of rotatable bonds is 8. The Morgan fingerprint density at radius 1 is 1.10 bits per heavy atom. The van der Waals surface area contributed by atoms with Crippen LogP contribution in [0.15, 0.2) is 53.4 Å². The molecule has 1 atom stereocenters. The summed E-state index contributed by atoms with van der Waals surface area (Å²) in [7, 11) is -1.07. The van der Waals surface area contributed by atoms with Crippen molar-refractivity contribution in [2.24, 2.45) is 5.92 Å². The summed E-state index contributed by atoms with van der Waals surface area (Å²) < 4.78 is 32.1. The minimum absolute atomic E-state index is 0.0218. The molecule has 2 aromatic carbocycles. The van der Waals surface area contributed by atoms with Gasteiger partial charge in [-0.2, -0.15) is 0 Å². The number of carbonyl (C=O) groups is 2. The van der Waals surface area contributed by atoms with Gasteiger partial charge in [0.2, 0.25) is 0 Å². The van der Waals surface area contributed by atoms with Gasteiger partial charge in [0.25, 0.3) is 15.9 Å². The molecule has 0 saturated carbocycles. The molecular formula is C22H28N2O5S. The molecule has 0 radical (unpaired) electrons. The van der Waals surface area contributed by atoms with E-state index in [1.165, 1.54) is 35.5 Å². The van der Waals surface area contributed by atoms with Gasteiger partial charge in [-0.25, -0.2) is 8.42 Å². The number of ether oxygens (including phenoxy) is 1. The van der Waals surface area contributed by atoms with Gasteiger partial charge >= 0.3 is 5.97 Å². The zero-order valence-corrected chi connectivity index (χ0v) is 18.8. The van der Waals surface area contributed by atoms with Crippen LogP contribution in [0.1, 0.15) is 29.8 Å². The lowest BCUT2D eigenvalue weighted by molar-refractivity contribution is -0.145. The number of methoxy groups -OCH3 is 1. The molecule has 0 aliphatic rings. The third-order valence-corrected chi connectivity index (χ3v) is 6.69. The minimum Gasteiger partial charge on any atom is -0.469 e. The van der Waals surface area contributed by atoms with Crippen LogP contribution in [-0.2, 0) is 19.6 Å². The third kappa shape index (κ3) is 5.18. The number of carbonyl (C=O) groups excluding carboxylic acids is 2. The van der Waals surface area contributed by atoms with Crippen LogP contribution in [0.25, 0.3) is 0 Å². The van der Waals surface area contributed by atoms with Gasteiger partial charge in [0, 0.05) is 25.7 Å². The van der Waals surface area contributed by atoms with Crippen LogP contribution in [0.2, 0.25) is 0 Å². The quantitative estimate of drug-likeness (QED) is 0.599. The number of benzene rings is 2. The first-order chi connectivity index (χ1) is 14.1. The summed E-state index contributed by atoms with van der Waals surface area (Å²) in [6, 6.07) is 13.1. The van der Waals surface area contributed by atoms with Gasteiger partial charge in [-0.15, -0.1) is 0 Å². The summed E-state index contributed by atoms with van der Waals surface area (Å²) in [6.07, 6.45) is 0. The standard InChI is InChI=1S/C22H28N2O5S/c1-6-24(15-17(3)22(26)29-5)21(25)18-8-7-9-20(14-18)30(27,28)23(4)19-12-10-16(2)11-13-19/h7-14,17H,6,15H2,1-5H3. The predicted octanol–water partition coefficient (Wildman–Crippen LogP) is 3.09. The summed E-state index contributed by atoms with van der Waals surface area (Å²) in [5, 5.41) is 0. The van der Waals surface area contributed by atoms with Crippen LogP contribution < -0.4 is 4.31 Å². The summed E-state index contributed by atoms with van der Waals surface area (Å²) in [4.78, 5) is 26.2. The van der Waals surface area contributed by atoms with E-state index in [1.807, 2.05) is 19.1 Å². The van der Waals surface area contributed by atoms with Gasteiger partial charge in [-0.3, -0.25) is 13.9 Å². The lowest BCUT2D eigenvalue weighted by atomic mass is 10.1. The van der Waals surface area contributed by atoms with E-state index in [2.05, 4.69) is 0 Å². The molecular weight excluding hydrogens is 404 g/mol. The Kier molecular flexibility index (Phi) is 7.61. The first-order valence-electron chi connectivity index (χ1n) is 9.64. The molecule has 162 valence electrons. The van der Waals surface area contributed by atoms with Crippen LogP contribution in [0.5, 0.6) is 0 Å². The number of aryl methyl sites for hydroxylation is 1. The molecule has 0 spiro atoms. The van der Waals surface area contributed by atoms with Gasteiger partial charge < -0.3 is 9.64 Å². The van der Waals surface area contributed by atoms with Crippen molar-refractivity contribution in [3.63, 3.8) is 0 Å². The van der Waals surface area contributed by atoms with Crippen LogP contribution in [0.3, 0.4) is 0 Å². The van der Waals surface area contributed by atoms with Gasteiger partial charge in [-0.1, -0.05) is 30.7 Å². The molecule has 0 bridgehead atoms. The Morgan fingerprint density at radius 3 is 2.30 bits per heavy atom. The van der Waals surface area contributed by atoms with Crippen LogP contribution in [0, 0.1) is 12.8 Å². The number of hydrogen-bond donors (Lipinski definition) is 0. The Labute approximate surface area is 178 Å². The number of anilines is 1. The molecule has 2 rings (SSSR count). The fourth-order valence-electron chi connectivity index (χ4n) is 2.99. The number of sulfonamides is 1. The van der Waals surface area contributed by atoms with E-state index in [9.17, 15) is 18.0 Å². The number of esters is 1. The lowest BCUT2D eigenvalue weighted by Crippen LogP contribution is -2.37. The second-order valence-corrected chi connectivity index (χ2v) is 9.07. The average molecular weight is 433 g/mol. The summed E-state index contributed by atoms with van der Waals surface area (Å²) in [6.45, 7) is 5.96. The first-order valence-corrected chi connectivity index (χ1v) is 11.1. The van der Waals surface area contributed by atoms with Crippen molar-refractivity contribution < 1.29 is 22.7 Å². The number of amides is 1. The smallest absolute Gasteiger partial charge is 0.310 e. The molecule has 7 nitrogen and oxygen atoms in total. The predicted molar refractivity (Wildman–Crippen MR) is 116 cm³/mol. The summed E-state index contributed by atoms with van der Waals surface area (Å²) in [5.74, 6) is -1.24. The van der Waals surface area contributed by atoms with Crippen molar-refractivity contribution in [1.82, 2.24) is 4.90 Å². The highest BCUT2D eigenvalue weighted by atomic mass is 32.2. The fourth-order valence-corrected chi connectivity index (χ4v) is 4.23. The highest BCUT2D eigenvalue weighted by molar-refractivity contribution is 7.92. The molecule has 30 heavy (non-hydrogen) atoms. The van der Waals surface area contributed by atoms with Gasteiger partial charge in [-0.05, 0) is 44.2 Å². The number of nitrogens with zero attached hydrogens (tertiary/aromatic N) is 2. The monoisotopic (exact) mass is 432 g/mol. The second kappa shape index (κ2) is 9.75. The van der Waals surface area contributed by atoms with Crippen LogP contribution in [0.4, 0.5) is 5.69 Å². The Balaban J connectivity index is 2.30. The lowest BCUT2D eigenvalue weighted by Gasteiger charge is -2.24. The van der Waals surface area contributed by atoms with E-state index >= 15 is 0 Å². The van der Waals surface area contributed by atoms with Crippen LogP contribution >= 0.6 is 0 Å². The van der Waals surface area contributed by atoms with E-state index in [0.717, 1.165) is 5.56 Å². The van der Waals surface area contributed by atoms with Gasteiger partial charge in [0.15, 0.2) is 0 Å². The highest BCUT2D eigenvalue weighted by Gasteiger charge is 2.25. The maximum atomic E-state index is 13.1. The van der Waals surface area contributed by atoms with Crippen molar-refractivity contribution in [3.8, 4) is 0 Å². The van der Waals surface area contributed by atoms with Crippen molar-refractivity contribution in [1.29, 1.82) is 0 Å². The molecule has 0 saturated heterocycles. The molecule has 2 aromatic rings. The molecule has 0 aliphatic carbocycles. The van der Waals surface area contributed by atoms with Crippen molar-refractivity contribution in [2.75, 3.05) is 31.6 Å². The zero-order valence-electron chi connectivity index (χ0n) is 18.0. The van der Waals surface area contributed by atoms with E-state index < -0.39 is 21.9 Å². The Hall–Kier alpha value is -2.87. The van der Waals surface area contributed by atoms with E-state index in [4.69, 9.17) is 4.74 Å². The normalized spacial score (nSPS) is 12.2. The van der Waals surface area contributed by atoms with Crippen molar-refractivity contribution in [2.45, 2.75) is 25.7 Å². The molecule has 1 amide bonds. The molecule has 8 heteroatoms. The largest absolute Gasteiger partial charge is 0.469 e. The van der Waals surface area contributed by atoms with Gasteiger partial charge in [0.1, 0.15) is 0 Å². The maximum absolute atomic E-state index is 13.1. The first kappa shape index (κ1) is 23.4. The summed E-state index contributed by atoms with van der Waals surface area (Å²) >= 11 is 0. The SMILES string of the molecule is CCN(CC(C)C(=O)OC)C(=O)c1cccc(S(=O)(=O)N(C)c2ccc(C)cc2)c1. The van der Waals surface area contributed by atoms with Crippen molar-refractivity contribution in [3.05, 3.63) is 59.7 Å². The maximum Gasteiger partial charge on any atom is 0.310 e. The number of hydrogen-bond acceptors (Lipinski definition) is 5. The molecule has 0 aromatic heterocycles. The summed E-state index contributed by atoms with van der Waals surface area (Å²) in [5.41, 5.74) is 1.80. The van der Waals surface area contributed by atoms with Gasteiger partial charge in [0.05, 0.1) is 23.6 Å². The minimum atomic E-state index is -3.85. The van der Waals surface area contributed by atoms with Crippen molar-refractivity contribution >= 4 is 27.6 Å². The molecule has 1 unspecified atom stereocenters.